The summed E-state index contributed by atoms with van der Waals surface area (Å²) >= 11 is 0. The molecule has 0 spiro atoms. The van der Waals surface area contributed by atoms with E-state index in [9.17, 15) is 14.0 Å². The highest BCUT2D eigenvalue weighted by Gasteiger charge is 2.29. The van der Waals surface area contributed by atoms with Crippen molar-refractivity contribution in [2.24, 2.45) is 0 Å². The normalized spacial score (nSPS) is 10.4. The van der Waals surface area contributed by atoms with Gasteiger partial charge in [0.05, 0.1) is 17.3 Å². The summed E-state index contributed by atoms with van der Waals surface area (Å²) in [4.78, 5) is 22.3. The van der Waals surface area contributed by atoms with E-state index in [0.717, 1.165) is 6.07 Å². The molecule has 1 rings (SSSR count). The van der Waals surface area contributed by atoms with Gasteiger partial charge in [0.1, 0.15) is 11.4 Å². The number of carbonyl (C=O) groups excluding carboxylic acids is 1. The molecule has 0 unspecified atom stereocenters. The minimum atomic E-state index is -1.48. The number of aliphatic carboxylic acids is 1. The lowest BCUT2D eigenvalue weighted by Gasteiger charge is -2.21. The van der Waals surface area contributed by atoms with Crippen molar-refractivity contribution < 1.29 is 19.1 Å². The molecule has 0 atom stereocenters. The molecule has 100 valence electrons. The lowest BCUT2D eigenvalue weighted by atomic mass is 10.1. The first-order valence-corrected chi connectivity index (χ1v) is 5.28. The van der Waals surface area contributed by atoms with Gasteiger partial charge in [-0.15, -0.1) is 0 Å². The Balaban J connectivity index is 2.79. The van der Waals surface area contributed by atoms with Crippen LogP contribution in [0.15, 0.2) is 18.2 Å². The number of halogens is 1. The van der Waals surface area contributed by atoms with E-state index in [1.165, 1.54) is 26.0 Å². The molecule has 7 heteroatoms. The fourth-order valence-corrected chi connectivity index (χ4v) is 1.18. The van der Waals surface area contributed by atoms with Crippen molar-refractivity contribution in [1.29, 1.82) is 5.26 Å². The number of anilines is 1. The molecule has 0 aliphatic rings. The van der Waals surface area contributed by atoms with Crippen LogP contribution >= 0.6 is 0 Å². The van der Waals surface area contributed by atoms with Gasteiger partial charge >= 0.3 is 12.0 Å². The van der Waals surface area contributed by atoms with Gasteiger partial charge in [-0.3, -0.25) is 0 Å². The maximum Gasteiger partial charge on any atom is 0.328 e. The van der Waals surface area contributed by atoms with Crippen LogP contribution in [-0.2, 0) is 4.79 Å². The van der Waals surface area contributed by atoms with Crippen molar-refractivity contribution in [3.05, 3.63) is 29.6 Å². The molecule has 0 heterocycles. The fourth-order valence-electron chi connectivity index (χ4n) is 1.18. The molecular formula is C12H12FN3O3. The highest BCUT2D eigenvalue weighted by molar-refractivity contribution is 5.93. The van der Waals surface area contributed by atoms with Gasteiger partial charge in [-0.05, 0) is 32.0 Å². The molecule has 1 aromatic rings. The summed E-state index contributed by atoms with van der Waals surface area (Å²) in [5, 5.41) is 21.7. The Kier molecular flexibility index (Phi) is 4.07. The van der Waals surface area contributed by atoms with E-state index in [4.69, 9.17) is 10.4 Å². The maximum atomic E-state index is 13.5. The minimum Gasteiger partial charge on any atom is -0.480 e. The molecular weight excluding hydrogens is 253 g/mol. The zero-order valence-electron chi connectivity index (χ0n) is 10.3. The summed E-state index contributed by atoms with van der Waals surface area (Å²) in [6, 6.07) is 4.43. The van der Waals surface area contributed by atoms with Crippen molar-refractivity contribution in [3.8, 4) is 6.07 Å². The van der Waals surface area contributed by atoms with Crippen molar-refractivity contribution in [2.75, 3.05) is 5.32 Å². The average Bonchev–Trinajstić information content (AvgIpc) is 2.30. The van der Waals surface area contributed by atoms with Gasteiger partial charge in [0.25, 0.3) is 0 Å². The molecule has 6 nitrogen and oxygen atoms in total. The Hall–Kier alpha value is -2.62. The zero-order chi connectivity index (χ0) is 14.6. The number of urea groups is 1. The van der Waals surface area contributed by atoms with Crippen LogP contribution < -0.4 is 10.6 Å². The van der Waals surface area contributed by atoms with Gasteiger partial charge in [-0.25, -0.2) is 14.0 Å². The summed E-state index contributed by atoms with van der Waals surface area (Å²) in [6.07, 6.45) is 0. The van der Waals surface area contributed by atoms with Gasteiger partial charge in [-0.2, -0.15) is 5.26 Å². The number of nitrogens with zero attached hydrogens (tertiary/aromatic N) is 1. The van der Waals surface area contributed by atoms with E-state index in [1.807, 2.05) is 0 Å². The number of amides is 2. The summed E-state index contributed by atoms with van der Waals surface area (Å²) in [6.45, 7) is 2.59. The molecule has 0 bridgehead atoms. The first-order valence-electron chi connectivity index (χ1n) is 5.28. The standard InChI is InChI=1S/C12H12FN3O3/c1-12(2,10(17)18)16-11(19)15-9-4-3-7(6-14)5-8(9)13/h3-5H,1-2H3,(H,17,18)(H2,15,16,19). The SMILES string of the molecule is CC(C)(NC(=O)Nc1ccc(C#N)cc1F)C(=O)O. The average molecular weight is 265 g/mol. The lowest BCUT2D eigenvalue weighted by molar-refractivity contribution is -0.142. The van der Waals surface area contributed by atoms with Gasteiger partial charge in [0.2, 0.25) is 0 Å². The number of hydrogen-bond donors (Lipinski definition) is 3. The van der Waals surface area contributed by atoms with Gasteiger partial charge in [-0.1, -0.05) is 0 Å². The molecule has 2 amide bonds. The number of benzene rings is 1. The van der Waals surface area contributed by atoms with Gasteiger partial charge in [0.15, 0.2) is 0 Å². The molecule has 3 N–H and O–H groups in total. The number of nitriles is 1. The Morgan fingerprint density at radius 3 is 2.53 bits per heavy atom. The van der Waals surface area contributed by atoms with E-state index in [2.05, 4.69) is 10.6 Å². The second-order valence-electron chi connectivity index (χ2n) is 4.32. The van der Waals surface area contributed by atoms with Crippen LogP contribution in [0.25, 0.3) is 0 Å². The first kappa shape index (κ1) is 14.4. The maximum absolute atomic E-state index is 13.5. The van der Waals surface area contributed by atoms with Crippen LogP contribution in [0.3, 0.4) is 0 Å². The number of carboxylic acids is 1. The third-order valence-electron chi connectivity index (χ3n) is 2.31. The first-order chi connectivity index (χ1) is 8.76. The van der Waals surface area contributed by atoms with E-state index in [0.29, 0.717) is 0 Å². The van der Waals surface area contributed by atoms with E-state index in [1.54, 1.807) is 6.07 Å². The van der Waals surface area contributed by atoms with Crippen LogP contribution in [0, 0.1) is 17.1 Å². The highest BCUT2D eigenvalue weighted by atomic mass is 19.1. The second-order valence-corrected chi connectivity index (χ2v) is 4.32. The number of carbonyl (C=O) groups is 2. The number of nitrogens with one attached hydrogen (secondary N) is 2. The Labute approximate surface area is 108 Å². The number of carboxylic acid groups (broad SMARTS) is 1. The van der Waals surface area contributed by atoms with Gasteiger partial charge in [0, 0.05) is 0 Å². The Bertz CT molecular complexity index is 564. The van der Waals surface area contributed by atoms with Crippen LogP contribution in [0.2, 0.25) is 0 Å². The molecule has 0 aromatic heterocycles. The summed E-state index contributed by atoms with van der Waals surface area (Å²) in [5.74, 6) is -2.00. The van der Waals surface area contributed by atoms with Crippen LogP contribution in [0.4, 0.5) is 14.9 Å². The van der Waals surface area contributed by atoms with E-state index < -0.39 is 23.4 Å². The zero-order valence-corrected chi connectivity index (χ0v) is 10.3. The molecule has 0 radical (unpaired) electrons. The minimum absolute atomic E-state index is 0.120. The predicted octanol–water partition coefficient (Wildman–Crippen LogP) is 1.68. The quantitative estimate of drug-likeness (QED) is 0.773. The molecule has 1 aromatic carbocycles. The molecule has 0 aliphatic heterocycles. The summed E-state index contributed by atoms with van der Waals surface area (Å²) in [5.41, 5.74) is -1.50. The van der Waals surface area contributed by atoms with Gasteiger partial charge < -0.3 is 15.7 Å². The van der Waals surface area contributed by atoms with Crippen molar-refractivity contribution in [2.45, 2.75) is 19.4 Å². The molecule has 19 heavy (non-hydrogen) atoms. The topological polar surface area (TPSA) is 102 Å². The summed E-state index contributed by atoms with van der Waals surface area (Å²) in [7, 11) is 0. The van der Waals surface area contributed by atoms with Crippen molar-refractivity contribution in [1.82, 2.24) is 5.32 Å². The smallest absolute Gasteiger partial charge is 0.328 e. The third kappa shape index (κ3) is 3.67. The Morgan fingerprint density at radius 2 is 2.05 bits per heavy atom. The third-order valence-corrected chi connectivity index (χ3v) is 2.31. The summed E-state index contributed by atoms with van der Waals surface area (Å²) < 4.78 is 13.5. The number of hydrogen-bond acceptors (Lipinski definition) is 3. The molecule has 0 saturated heterocycles. The monoisotopic (exact) mass is 265 g/mol. The van der Waals surface area contributed by atoms with E-state index in [-0.39, 0.29) is 11.3 Å². The molecule has 0 fully saturated rings. The van der Waals surface area contributed by atoms with E-state index >= 15 is 0 Å². The van der Waals surface area contributed by atoms with Crippen LogP contribution in [0.5, 0.6) is 0 Å². The number of rotatable bonds is 3. The molecule has 0 aliphatic carbocycles. The van der Waals surface area contributed by atoms with Crippen molar-refractivity contribution in [3.63, 3.8) is 0 Å². The van der Waals surface area contributed by atoms with Crippen LogP contribution in [0.1, 0.15) is 19.4 Å². The van der Waals surface area contributed by atoms with Crippen molar-refractivity contribution >= 4 is 17.7 Å². The Morgan fingerprint density at radius 1 is 1.42 bits per heavy atom. The largest absolute Gasteiger partial charge is 0.480 e. The highest BCUT2D eigenvalue weighted by Crippen LogP contribution is 2.15. The molecule has 0 saturated carbocycles. The van der Waals surface area contributed by atoms with Crippen LogP contribution in [-0.4, -0.2) is 22.6 Å². The second kappa shape index (κ2) is 5.35. The lowest BCUT2D eigenvalue weighted by Crippen LogP contribution is -2.51. The predicted molar refractivity (Wildman–Crippen MR) is 65.0 cm³/mol. The fraction of sp³-hybridized carbons (Fsp3) is 0.250.